The maximum Gasteiger partial charge on any atom is 0.418 e. The zero-order chi connectivity index (χ0) is 17.7. The highest BCUT2D eigenvalue weighted by Gasteiger charge is 2.33. The second-order valence-corrected chi connectivity index (χ2v) is 4.94. The number of rotatable bonds is 4. The van der Waals surface area contributed by atoms with Gasteiger partial charge in [-0.05, 0) is 24.3 Å². The molecule has 0 saturated heterocycles. The molecule has 126 valence electrons. The van der Waals surface area contributed by atoms with Crippen LogP contribution in [-0.2, 0) is 17.5 Å². The molecular weight excluding hydrogens is 323 g/mol. The van der Waals surface area contributed by atoms with E-state index in [1.54, 1.807) is 0 Å². The summed E-state index contributed by atoms with van der Waals surface area (Å²) in [5.74, 6) is -0.955. The molecular formula is C16H14F3N3O2. The molecule has 0 fully saturated rings. The van der Waals surface area contributed by atoms with Crippen molar-refractivity contribution in [3.05, 3.63) is 59.4 Å². The summed E-state index contributed by atoms with van der Waals surface area (Å²) in [5, 5.41) is 4.78. The number of nitrogens with one attached hydrogen (secondary N) is 2. The molecule has 1 aromatic carbocycles. The third-order valence-electron chi connectivity index (χ3n) is 3.08. The molecule has 0 radical (unpaired) electrons. The third-order valence-corrected chi connectivity index (χ3v) is 3.08. The van der Waals surface area contributed by atoms with Gasteiger partial charge in [-0.3, -0.25) is 14.6 Å². The summed E-state index contributed by atoms with van der Waals surface area (Å²) in [7, 11) is 0. The maximum atomic E-state index is 12.9. The normalized spacial score (nSPS) is 11.0. The van der Waals surface area contributed by atoms with E-state index >= 15 is 0 Å². The molecule has 0 aliphatic rings. The van der Waals surface area contributed by atoms with Crippen LogP contribution in [0.1, 0.15) is 28.5 Å². The molecule has 0 aliphatic heterocycles. The molecule has 8 heteroatoms. The first-order valence-electron chi connectivity index (χ1n) is 6.94. The van der Waals surface area contributed by atoms with Crippen LogP contribution in [0.2, 0.25) is 0 Å². The number of hydrogen-bond donors (Lipinski definition) is 2. The van der Waals surface area contributed by atoms with E-state index in [0.29, 0.717) is 5.69 Å². The lowest BCUT2D eigenvalue weighted by Crippen LogP contribution is -2.20. The van der Waals surface area contributed by atoms with E-state index in [9.17, 15) is 22.8 Å². The number of hydrogen-bond acceptors (Lipinski definition) is 3. The molecule has 0 aliphatic carbocycles. The van der Waals surface area contributed by atoms with Crippen LogP contribution >= 0.6 is 0 Å². The fraction of sp³-hybridized carbons (Fsp3) is 0.188. The average Bonchev–Trinajstić information content (AvgIpc) is 2.52. The van der Waals surface area contributed by atoms with Crippen molar-refractivity contribution in [2.45, 2.75) is 19.6 Å². The van der Waals surface area contributed by atoms with E-state index in [4.69, 9.17) is 0 Å². The standard InChI is InChI=1S/C16H14F3N3O2/c1-10(23)21-9-12-8-11(6-7-20-12)15(24)22-14-5-3-2-4-13(14)16(17,18)19/h2-8H,9H2,1H3,(H,21,23)(H,22,24). The van der Waals surface area contributed by atoms with Crippen molar-refractivity contribution in [2.24, 2.45) is 0 Å². The molecule has 0 bridgehead atoms. The number of benzene rings is 1. The summed E-state index contributed by atoms with van der Waals surface area (Å²) >= 11 is 0. The van der Waals surface area contributed by atoms with Crippen LogP contribution in [-0.4, -0.2) is 16.8 Å². The quantitative estimate of drug-likeness (QED) is 0.901. The molecule has 2 rings (SSSR count). The number of pyridine rings is 1. The highest BCUT2D eigenvalue weighted by molar-refractivity contribution is 6.04. The van der Waals surface area contributed by atoms with E-state index < -0.39 is 17.6 Å². The highest BCUT2D eigenvalue weighted by atomic mass is 19.4. The predicted molar refractivity (Wildman–Crippen MR) is 81.2 cm³/mol. The predicted octanol–water partition coefficient (Wildman–Crippen LogP) is 2.99. The number of carbonyl (C=O) groups excluding carboxylic acids is 2. The van der Waals surface area contributed by atoms with Gasteiger partial charge in [0.1, 0.15) is 0 Å². The average molecular weight is 337 g/mol. The number of aromatic nitrogens is 1. The molecule has 2 amide bonds. The van der Waals surface area contributed by atoms with Gasteiger partial charge in [0.2, 0.25) is 5.91 Å². The van der Waals surface area contributed by atoms with Gasteiger partial charge in [-0.25, -0.2) is 0 Å². The Bertz CT molecular complexity index is 760. The minimum Gasteiger partial charge on any atom is -0.351 e. The van der Waals surface area contributed by atoms with Gasteiger partial charge in [0, 0.05) is 18.7 Å². The number of nitrogens with zero attached hydrogens (tertiary/aromatic N) is 1. The van der Waals surface area contributed by atoms with Crippen molar-refractivity contribution >= 4 is 17.5 Å². The minimum atomic E-state index is -4.57. The SMILES string of the molecule is CC(=O)NCc1cc(C(=O)Nc2ccccc2C(F)(F)F)ccn1. The van der Waals surface area contributed by atoms with Gasteiger partial charge in [-0.1, -0.05) is 12.1 Å². The van der Waals surface area contributed by atoms with E-state index in [-0.39, 0.29) is 23.7 Å². The molecule has 24 heavy (non-hydrogen) atoms. The first kappa shape index (κ1) is 17.5. The van der Waals surface area contributed by atoms with Crippen LogP contribution in [0.3, 0.4) is 0 Å². The summed E-state index contributed by atoms with van der Waals surface area (Å²) in [4.78, 5) is 27.1. The van der Waals surface area contributed by atoms with Gasteiger partial charge < -0.3 is 10.6 Å². The van der Waals surface area contributed by atoms with Crippen LogP contribution in [0.4, 0.5) is 18.9 Å². The van der Waals surface area contributed by atoms with Gasteiger partial charge >= 0.3 is 6.18 Å². The Morgan fingerprint density at radius 3 is 2.54 bits per heavy atom. The Labute approximate surface area is 135 Å². The Morgan fingerprint density at radius 2 is 1.88 bits per heavy atom. The zero-order valence-corrected chi connectivity index (χ0v) is 12.6. The Morgan fingerprint density at radius 1 is 1.17 bits per heavy atom. The van der Waals surface area contributed by atoms with Gasteiger partial charge in [-0.2, -0.15) is 13.2 Å². The van der Waals surface area contributed by atoms with Crippen molar-refractivity contribution in [1.82, 2.24) is 10.3 Å². The molecule has 0 atom stereocenters. The van der Waals surface area contributed by atoms with Crippen molar-refractivity contribution in [3.8, 4) is 0 Å². The Kier molecular flexibility index (Phi) is 5.18. The smallest absolute Gasteiger partial charge is 0.351 e. The van der Waals surface area contributed by atoms with Crippen LogP contribution in [0.15, 0.2) is 42.6 Å². The number of carbonyl (C=O) groups is 2. The summed E-state index contributed by atoms with van der Waals surface area (Å²) in [5.41, 5.74) is -0.689. The number of halogens is 3. The summed E-state index contributed by atoms with van der Waals surface area (Å²) < 4.78 is 38.8. The van der Waals surface area contributed by atoms with Gasteiger partial charge in [-0.15, -0.1) is 0 Å². The van der Waals surface area contributed by atoms with E-state index in [1.807, 2.05) is 0 Å². The number of anilines is 1. The molecule has 1 heterocycles. The van der Waals surface area contributed by atoms with Crippen LogP contribution in [0.25, 0.3) is 0 Å². The fourth-order valence-corrected chi connectivity index (χ4v) is 1.96. The Hall–Kier alpha value is -2.90. The van der Waals surface area contributed by atoms with Crippen LogP contribution in [0.5, 0.6) is 0 Å². The monoisotopic (exact) mass is 337 g/mol. The number of amides is 2. The second-order valence-electron chi connectivity index (χ2n) is 4.94. The number of alkyl halides is 3. The van der Waals surface area contributed by atoms with E-state index in [1.165, 1.54) is 43.5 Å². The third kappa shape index (κ3) is 4.55. The van der Waals surface area contributed by atoms with Crippen molar-refractivity contribution < 1.29 is 22.8 Å². The largest absolute Gasteiger partial charge is 0.418 e. The lowest BCUT2D eigenvalue weighted by Gasteiger charge is -2.13. The molecule has 2 N–H and O–H groups in total. The Balaban J connectivity index is 2.19. The molecule has 0 spiro atoms. The minimum absolute atomic E-state index is 0.121. The van der Waals surface area contributed by atoms with Crippen molar-refractivity contribution in [1.29, 1.82) is 0 Å². The van der Waals surface area contributed by atoms with Gasteiger partial charge in [0.25, 0.3) is 5.91 Å². The van der Waals surface area contributed by atoms with Crippen molar-refractivity contribution in [3.63, 3.8) is 0 Å². The fourth-order valence-electron chi connectivity index (χ4n) is 1.96. The van der Waals surface area contributed by atoms with Crippen LogP contribution < -0.4 is 10.6 Å². The number of para-hydroxylation sites is 1. The topological polar surface area (TPSA) is 71.1 Å². The highest BCUT2D eigenvalue weighted by Crippen LogP contribution is 2.34. The summed E-state index contributed by atoms with van der Waals surface area (Å²) in [6.45, 7) is 1.46. The molecule has 0 saturated carbocycles. The molecule has 1 aromatic heterocycles. The first-order valence-corrected chi connectivity index (χ1v) is 6.94. The van der Waals surface area contributed by atoms with Gasteiger partial charge in [0.15, 0.2) is 0 Å². The summed E-state index contributed by atoms with van der Waals surface area (Å²) in [6.07, 6.45) is -3.22. The maximum absolute atomic E-state index is 12.9. The molecule has 2 aromatic rings. The lowest BCUT2D eigenvalue weighted by molar-refractivity contribution is -0.136. The van der Waals surface area contributed by atoms with E-state index in [0.717, 1.165) is 6.07 Å². The zero-order valence-electron chi connectivity index (χ0n) is 12.6. The summed E-state index contributed by atoms with van der Waals surface area (Å²) in [6, 6.07) is 7.50. The first-order chi connectivity index (χ1) is 11.3. The molecule has 5 nitrogen and oxygen atoms in total. The van der Waals surface area contributed by atoms with E-state index in [2.05, 4.69) is 15.6 Å². The van der Waals surface area contributed by atoms with Crippen LogP contribution in [0, 0.1) is 0 Å². The second kappa shape index (κ2) is 7.12. The molecule has 0 unspecified atom stereocenters. The van der Waals surface area contributed by atoms with Gasteiger partial charge in [0.05, 0.1) is 23.5 Å². The van der Waals surface area contributed by atoms with Crippen molar-refractivity contribution in [2.75, 3.05) is 5.32 Å². The lowest BCUT2D eigenvalue weighted by atomic mass is 10.1.